The number of rotatable bonds is 5. The second-order valence-electron chi connectivity index (χ2n) is 7.14. The first-order chi connectivity index (χ1) is 15.8. The number of nitrogens with zero attached hydrogens (tertiary/aromatic N) is 4. The Bertz CT molecular complexity index is 1430. The smallest absolute Gasteiger partial charge is 0.174 e. The number of nitriles is 1. The van der Waals surface area contributed by atoms with E-state index in [0.29, 0.717) is 22.7 Å². The van der Waals surface area contributed by atoms with Crippen LogP contribution in [-0.2, 0) is 0 Å². The lowest BCUT2D eigenvalue weighted by molar-refractivity contribution is 0.483. The average Bonchev–Trinajstić information content (AvgIpc) is 3.24. The Morgan fingerprint density at radius 3 is 2.34 bits per heavy atom. The van der Waals surface area contributed by atoms with Gasteiger partial charge in [-0.25, -0.2) is 9.50 Å². The summed E-state index contributed by atoms with van der Waals surface area (Å²) < 4.78 is 7.61. The summed E-state index contributed by atoms with van der Waals surface area (Å²) in [4.78, 5) is 4.45. The van der Waals surface area contributed by atoms with Crippen LogP contribution in [0.15, 0.2) is 91.1 Å². The van der Waals surface area contributed by atoms with E-state index >= 15 is 0 Å². The van der Waals surface area contributed by atoms with Crippen LogP contribution in [0.2, 0.25) is 0 Å². The predicted molar refractivity (Wildman–Crippen MR) is 125 cm³/mol. The van der Waals surface area contributed by atoms with Crippen molar-refractivity contribution in [1.82, 2.24) is 14.6 Å². The summed E-state index contributed by atoms with van der Waals surface area (Å²) in [6, 6.07) is 29.3. The predicted octanol–water partition coefficient (Wildman–Crippen LogP) is 5.77. The zero-order chi connectivity index (χ0) is 21.9. The van der Waals surface area contributed by atoms with Gasteiger partial charge in [0.1, 0.15) is 28.8 Å². The van der Waals surface area contributed by atoms with Crippen LogP contribution < -0.4 is 10.1 Å². The third kappa shape index (κ3) is 3.42. The maximum Gasteiger partial charge on any atom is 0.174 e. The number of anilines is 1. The highest BCUT2D eigenvalue weighted by Gasteiger charge is 2.19. The van der Waals surface area contributed by atoms with Gasteiger partial charge in [-0.05, 0) is 48.5 Å². The normalized spacial score (nSPS) is 10.6. The van der Waals surface area contributed by atoms with Crippen molar-refractivity contribution in [1.29, 1.82) is 5.26 Å². The highest BCUT2D eigenvalue weighted by atomic mass is 16.5. The van der Waals surface area contributed by atoms with Gasteiger partial charge in [0, 0.05) is 30.1 Å². The summed E-state index contributed by atoms with van der Waals surface area (Å²) in [5.74, 6) is 1.48. The Morgan fingerprint density at radius 2 is 1.59 bits per heavy atom. The first-order valence-corrected chi connectivity index (χ1v) is 10.2. The van der Waals surface area contributed by atoms with Crippen molar-refractivity contribution in [2.24, 2.45) is 0 Å². The molecule has 0 fully saturated rings. The van der Waals surface area contributed by atoms with Gasteiger partial charge in [0.25, 0.3) is 0 Å². The molecule has 32 heavy (non-hydrogen) atoms. The van der Waals surface area contributed by atoms with Crippen molar-refractivity contribution in [2.75, 3.05) is 12.4 Å². The number of para-hydroxylation sites is 2. The van der Waals surface area contributed by atoms with E-state index < -0.39 is 0 Å². The molecule has 0 aliphatic rings. The van der Waals surface area contributed by atoms with Crippen molar-refractivity contribution in [3.8, 4) is 40.1 Å². The van der Waals surface area contributed by atoms with E-state index in [9.17, 15) is 5.26 Å². The van der Waals surface area contributed by atoms with Gasteiger partial charge in [0.05, 0.1) is 5.69 Å². The minimum absolute atomic E-state index is 0.436. The van der Waals surface area contributed by atoms with Crippen LogP contribution in [0.25, 0.3) is 28.2 Å². The molecule has 5 aromatic rings. The molecule has 0 saturated heterocycles. The van der Waals surface area contributed by atoms with E-state index in [1.807, 2.05) is 92.0 Å². The number of benzene rings is 3. The van der Waals surface area contributed by atoms with Gasteiger partial charge < -0.3 is 10.1 Å². The fraction of sp³-hybridized carbons (Fsp3) is 0.0385. The standard InChI is InChI=1S/C26H19N5O/c1-28-23-10-6-5-9-21(23)24-15-16-29-26-22(17-27)25(30-31(24)26)18-11-13-20(14-12-18)32-19-7-3-2-4-8-19/h2-16,28H,1H3. The van der Waals surface area contributed by atoms with E-state index in [2.05, 4.69) is 16.4 Å². The van der Waals surface area contributed by atoms with Crippen molar-refractivity contribution >= 4 is 11.3 Å². The van der Waals surface area contributed by atoms with Gasteiger partial charge in [-0.2, -0.15) is 10.4 Å². The van der Waals surface area contributed by atoms with Crippen LogP contribution in [0, 0.1) is 11.3 Å². The molecule has 0 unspecified atom stereocenters. The van der Waals surface area contributed by atoms with E-state index in [4.69, 9.17) is 9.84 Å². The number of hydrogen-bond donors (Lipinski definition) is 1. The molecule has 0 bridgehead atoms. The van der Waals surface area contributed by atoms with Gasteiger partial charge in [0.2, 0.25) is 0 Å². The average molecular weight is 417 g/mol. The van der Waals surface area contributed by atoms with Gasteiger partial charge in [-0.3, -0.25) is 0 Å². The number of ether oxygens (including phenoxy) is 1. The highest BCUT2D eigenvalue weighted by molar-refractivity contribution is 5.80. The Balaban J connectivity index is 1.59. The lowest BCUT2D eigenvalue weighted by atomic mass is 10.1. The van der Waals surface area contributed by atoms with Crippen LogP contribution in [0.4, 0.5) is 5.69 Å². The van der Waals surface area contributed by atoms with Crippen LogP contribution in [0.5, 0.6) is 11.5 Å². The second kappa shape index (κ2) is 8.25. The molecule has 0 atom stereocenters. The minimum atomic E-state index is 0.436. The van der Waals surface area contributed by atoms with E-state index in [0.717, 1.165) is 28.3 Å². The Labute approximate surface area is 185 Å². The maximum absolute atomic E-state index is 9.90. The SMILES string of the molecule is CNc1ccccc1-c1ccnc2c(C#N)c(-c3ccc(Oc4ccccc4)cc3)nn12. The summed E-state index contributed by atoms with van der Waals surface area (Å²) in [6.07, 6.45) is 1.71. The molecule has 0 radical (unpaired) electrons. The largest absolute Gasteiger partial charge is 0.457 e. The summed E-state index contributed by atoms with van der Waals surface area (Å²) in [5, 5.41) is 17.9. The molecule has 0 aliphatic carbocycles. The molecule has 0 amide bonds. The quantitative estimate of drug-likeness (QED) is 0.393. The number of nitrogens with one attached hydrogen (secondary N) is 1. The Hall–Kier alpha value is -4.63. The molecule has 1 N–H and O–H groups in total. The van der Waals surface area contributed by atoms with E-state index in [1.165, 1.54) is 0 Å². The summed E-state index contributed by atoms with van der Waals surface area (Å²) in [5.41, 5.74) is 5.17. The topological polar surface area (TPSA) is 75.2 Å². The molecule has 5 rings (SSSR count). The fourth-order valence-corrected chi connectivity index (χ4v) is 3.68. The maximum atomic E-state index is 9.90. The third-order valence-electron chi connectivity index (χ3n) is 5.21. The third-order valence-corrected chi connectivity index (χ3v) is 5.21. The minimum Gasteiger partial charge on any atom is -0.457 e. The number of fused-ring (bicyclic) bond motifs is 1. The van der Waals surface area contributed by atoms with Crippen molar-refractivity contribution < 1.29 is 4.74 Å². The zero-order valence-electron chi connectivity index (χ0n) is 17.4. The van der Waals surface area contributed by atoms with Crippen molar-refractivity contribution in [2.45, 2.75) is 0 Å². The molecule has 0 saturated carbocycles. The summed E-state index contributed by atoms with van der Waals surface area (Å²) in [6.45, 7) is 0. The molecule has 0 aliphatic heterocycles. The van der Waals surface area contributed by atoms with Gasteiger partial charge in [0.15, 0.2) is 5.65 Å². The van der Waals surface area contributed by atoms with Crippen molar-refractivity contribution in [3.05, 3.63) is 96.7 Å². The molecular weight excluding hydrogens is 398 g/mol. The molecule has 154 valence electrons. The molecule has 0 spiro atoms. The molecular formula is C26H19N5O. The number of aromatic nitrogens is 3. The zero-order valence-corrected chi connectivity index (χ0v) is 17.4. The first-order valence-electron chi connectivity index (χ1n) is 10.2. The molecule has 6 heteroatoms. The van der Waals surface area contributed by atoms with Crippen molar-refractivity contribution in [3.63, 3.8) is 0 Å². The highest BCUT2D eigenvalue weighted by Crippen LogP contribution is 2.32. The van der Waals surface area contributed by atoms with Crippen LogP contribution in [-0.4, -0.2) is 21.6 Å². The van der Waals surface area contributed by atoms with Gasteiger partial charge in [-0.1, -0.05) is 36.4 Å². The van der Waals surface area contributed by atoms with E-state index in [1.54, 1.807) is 10.7 Å². The fourth-order valence-electron chi connectivity index (χ4n) is 3.68. The molecule has 2 aromatic heterocycles. The summed E-state index contributed by atoms with van der Waals surface area (Å²) in [7, 11) is 1.88. The second-order valence-corrected chi connectivity index (χ2v) is 7.14. The van der Waals surface area contributed by atoms with Crippen LogP contribution in [0.1, 0.15) is 5.56 Å². The van der Waals surface area contributed by atoms with Gasteiger partial charge >= 0.3 is 0 Å². The summed E-state index contributed by atoms with van der Waals surface area (Å²) >= 11 is 0. The molecule has 3 aromatic carbocycles. The lowest BCUT2D eigenvalue weighted by Crippen LogP contribution is -1.99. The number of hydrogen-bond acceptors (Lipinski definition) is 5. The van der Waals surface area contributed by atoms with Crippen LogP contribution in [0.3, 0.4) is 0 Å². The molecule has 2 heterocycles. The Morgan fingerprint density at radius 1 is 0.875 bits per heavy atom. The Kier molecular flexibility index (Phi) is 4.98. The van der Waals surface area contributed by atoms with Gasteiger partial charge in [-0.15, -0.1) is 0 Å². The van der Waals surface area contributed by atoms with E-state index in [-0.39, 0.29) is 0 Å². The van der Waals surface area contributed by atoms with Crippen LogP contribution >= 0.6 is 0 Å². The lowest BCUT2D eigenvalue weighted by Gasteiger charge is -2.10. The molecule has 6 nitrogen and oxygen atoms in total. The first kappa shape index (κ1) is 19.3. The monoisotopic (exact) mass is 417 g/mol.